The number of ether oxygens (including phenoxy) is 4. The number of hydrogen-bond donors (Lipinski definition) is 1. The maximum atomic E-state index is 13.5. The number of nitrogens with zero attached hydrogens (tertiary/aromatic N) is 2. The lowest BCUT2D eigenvalue weighted by Crippen LogP contribution is -2.38. The van der Waals surface area contributed by atoms with Crippen LogP contribution in [0.15, 0.2) is 59.5 Å². The third kappa shape index (κ3) is 9.25. The van der Waals surface area contributed by atoms with Crippen molar-refractivity contribution in [3.05, 3.63) is 81.2 Å². The number of hydrogen-bond acceptors (Lipinski definition) is 9. The number of thiocarbonyl (C=S) groups is 1. The van der Waals surface area contributed by atoms with Crippen molar-refractivity contribution in [2.24, 2.45) is 0 Å². The molecule has 260 valence electrons. The van der Waals surface area contributed by atoms with Gasteiger partial charge in [-0.2, -0.15) is 13.2 Å². The zero-order valence-electron chi connectivity index (χ0n) is 26.3. The summed E-state index contributed by atoms with van der Waals surface area (Å²) in [5.41, 5.74) is 0.311. The lowest BCUT2D eigenvalue weighted by atomic mass is 9.99. The number of carbonyl (C=O) groups excluding carboxylic acids is 1. The van der Waals surface area contributed by atoms with Crippen LogP contribution in [0.2, 0.25) is 5.02 Å². The van der Waals surface area contributed by atoms with Crippen molar-refractivity contribution in [2.45, 2.75) is 12.6 Å². The van der Waals surface area contributed by atoms with Crippen LogP contribution in [0.4, 0.5) is 13.2 Å². The first-order valence-electron chi connectivity index (χ1n) is 15.2. The highest BCUT2D eigenvalue weighted by Gasteiger charge is 2.33. The zero-order valence-corrected chi connectivity index (χ0v) is 28.6. The molecule has 0 spiro atoms. The highest BCUT2D eigenvalue weighted by molar-refractivity contribution is 8.26. The number of morpholine rings is 1. The van der Waals surface area contributed by atoms with Crippen molar-refractivity contribution in [3.63, 3.8) is 0 Å². The average Bonchev–Trinajstić information content (AvgIpc) is 3.34. The van der Waals surface area contributed by atoms with E-state index in [1.165, 1.54) is 36.3 Å². The fourth-order valence-corrected chi connectivity index (χ4v) is 6.68. The molecule has 5 rings (SSSR count). The molecule has 49 heavy (non-hydrogen) atoms. The van der Waals surface area contributed by atoms with E-state index >= 15 is 0 Å². The van der Waals surface area contributed by atoms with E-state index in [0.29, 0.717) is 64.6 Å². The average molecular weight is 737 g/mol. The number of thioether (sulfide) groups is 1. The summed E-state index contributed by atoms with van der Waals surface area (Å²) < 4.78 is 63.5. The van der Waals surface area contributed by atoms with E-state index in [-0.39, 0.29) is 41.0 Å². The molecule has 0 aromatic heterocycles. The van der Waals surface area contributed by atoms with Gasteiger partial charge in [0.15, 0.2) is 11.5 Å². The topological polar surface area (TPSA) is 97.8 Å². The first kappa shape index (κ1) is 36.5. The molecule has 1 amide bonds. The largest absolute Gasteiger partial charge is 0.493 e. The van der Waals surface area contributed by atoms with Crippen LogP contribution in [0.25, 0.3) is 17.2 Å². The Bertz CT molecular complexity index is 1750. The molecule has 0 saturated carbocycles. The molecular weight excluding hydrogens is 705 g/mol. The molecule has 3 aromatic rings. The molecule has 2 heterocycles. The van der Waals surface area contributed by atoms with Gasteiger partial charge in [-0.05, 0) is 66.6 Å². The Morgan fingerprint density at radius 3 is 2.47 bits per heavy atom. The number of benzene rings is 3. The number of halogens is 4. The summed E-state index contributed by atoms with van der Waals surface area (Å²) in [5, 5.41) is 9.35. The minimum atomic E-state index is -4.55. The van der Waals surface area contributed by atoms with Gasteiger partial charge in [0.05, 0.1) is 43.0 Å². The maximum absolute atomic E-state index is 13.5. The molecule has 2 aliphatic rings. The third-order valence-electron chi connectivity index (χ3n) is 7.74. The quantitative estimate of drug-likeness (QED) is 0.111. The van der Waals surface area contributed by atoms with Crippen LogP contribution in [-0.2, 0) is 15.7 Å². The van der Waals surface area contributed by atoms with Crippen molar-refractivity contribution in [1.29, 1.82) is 0 Å². The van der Waals surface area contributed by atoms with Crippen LogP contribution in [0, 0.1) is 0 Å². The summed E-state index contributed by atoms with van der Waals surface area (Å²) in [7, 11) is 1.41. The monoisotopic (exact) mass is 736 g/mol. The molecule has 3 aromatic carbocycles. The highest BCUT2D eigenvalue weighted by Crippen LogP contribution is 2.39. The fraction of sp³-hybridized carbons (Fsp3) is 0.324. The van der Waals surface area contributed by atoms with Crippen molar-refractivity contribution in [3.8, 4) is 28.4 Å². The number of alkyl halides is 3. The van der Waals surface area contributed by atoms with Gasteiger partial charge in [-0.25, -0.2) is 4.79 Å². The summed E-state index contributed by atoms with van der Waals surface area (Å²) in [6.45, 7) is 4.27. The Morgan fingerprint density at radius 2 is 1.76 bits per heavy atom. The standard InChI is InChI=1S/C34H32ClF3N2O7S2/c1-44-29-18-22(32(42)43)4-8-28(29)46-13-2-9-40-31(41)30(49-33(40)48)19-23-17-21(25-20-24(34(36,37)38)5-6-26(25)35)3-7-27(23)47-16-12-39-10-14-45-15-11-39/h3-8,17-20H,2,9-16H2,1H3,(H,42,43). The van der Waals surface area contributed by atoms with Gasteiger partial charge in [-0.15, -0.1) is 0 Å². The molecule has 1 N–H and O–H groups in total. The highest BCUT2D eigenvalue weighted by atomic mass is 35.5. The number of aromatic carboxylic acids is 1. The zero-order chi connectivity index (χ0) is 35.1. The molecule has 0 radical (unpaired) electrons. The lowest BCUT2D eigenvalue weighted by Gasteiger charge is -2.26. The SMILES string of the molecule is COc1cc(C(=O)O)ccc1OCCCN1C(=O)C(=Cc2cc(-c3cc(C(F)(F)F)ccc3Cl)ccc2OCCN2CCOCC2)SC1=S. The van der Waals surface area contributed by atoms with E-state index in [2.05, 4.69) is 4.90 Å². The van der Waals surface area contributed by atoms with Crippen molar-refractivity contribution < 1.29 is 46.8 Å². The number of methoxy groups -OCH3 is 1. The van der Waals surface area contributed by atoms with E-state index in [0.717, 1.165) is 37.0 Å². The molecule has 15 heteroatoms. The van der Waals surface area contributed by atoms with E-state index < -0.39 is 17.7 Å². The van der Waals surface area contributed by atoms with Crippen LogP contribution >= 0.6 is 35.6 Å². The first-order chi connectivity index (χ1) is 23.4. The molecule has 2 fully saturated rings. The number of carboxylic acid groups (broad SMARTS) is 1. The smallest absolute Gasteiger partial charge is 0.416 e. The predicted octanol–water partition coefficient (Wildman–Crippen LogP) is 7.11. The molecule has 0 bridgehead atoms. The second-order valence-corrected chi connectivity index (χ2v) is 13.0. The Morgan fingerprint density at radius 1 is 1.02 bits per heavy atom. The van der Waals surface area contributed by atoms with E-state index in [1.807, 2.05) is 0 Å². The van der Waals surface area contributed by atoms with Gasteiger partial charge in [0, 0.05) is 42.3 Å². The lowest BCUT2D eigenvalue weighted by molar-refractivity contribution is -0.137. The number of carbonyl (C=O) groups is 2. The number of amides is 1. The molecule has 0 unspecified atom stereocenters. The molecule has 0 atom stereocenters. The first-order valence-corrected chi connectivity index (χ1v) is 16.8. The van der Waals surface area contributed by atoms with Gasteiger partial charge < -0.3 is 24.1 Å². The third-order valence-corrected chi connectivity index (χ3v) is 9.45. The molecular formula is C34H32ClF3N2O7S2. The Hall–Kier alpha value is -3.82. The fourth-order valence-electron chi connectivity index (χ4n) is 5.15. The van der Waals surface area contributed by atoms with Crippen LogP contribution in [0.1, 0.15) is 27.9 Å². The van der Waals surface area contributed by atoms with Crippen molar-refractivity contribution in [2.75, 3.05) is 59.7 Å². The summed E-state index contributed by atoms with van der Waals surface area (Å²) in [6.07, 6.45) is -2.52. The maximum Gasteiger partial charge on any atom is 0.416 e. The van der Waals surface area contributed by atoms with Gasteiger partial charge >= 0.3 is 12.1 Å². The second kappa shape index (κ2) is 16.3. The molecule has 9 nitrogen and oxygen atoms in total. The summed E-state index contributed by atoms with van der Waals surface area (Å²) >= 11 is 13.0. The molecule has 0 aliphatic carbocycles. The van der Waals surface area contributed by atoms with Gasteiger partial charge in [0.25, 0.3) is 5.91 Å². The van der Waals surface area contributed by atoms with Gasteiger partial charge in [0.1, 0.15) is 16.7 Å². The van der Waals surface area contributed by atoms with Crippen LogP contribution in [-0.4, -0.2) is 90.8 Å². The van der Waals surface area contributed by atoms with Gasteiger partial charge in [-0.1, -0.05) is 41.6 Å². The number of rotatable bonds is 13. The second-order valence-electron chi connectivity index (χ2n) is 11.0. The van der Waals surface area contributed by atoms with Crippen molar-refractivity contribution in [1.82, 2.24) is 9.80 Å². The molecule has 2 aliphatic heterocycles. The Kier molecular flexibility index (Phi) is 12.1. The molecule has 2 saturated heterocycles. The van der Waals surface area contributed by atoms with Crippen LogP contribution < -0.4 is 14.2 Å². The summed E-state index contributed by atoms with van der Waals surface area (Å²) in [6, 6.07) is 12.4. The summed E-state index contributed by atoms with van der Waals surface area (Å²) in [4.78, 5) is 28.7. The normalized spacial score (nSPS) is 16.3. The van der Waals surface area contributed by atoms with E-state index in [1.54, 1.807) is 24.3 Å². The number of carboxylic acids is 1. The minimum absolute atomic E-state index is 0.0580. The van der Waals surface area contributed by atoms with Crippen LogP contribution in [0.3, 0.4) is 0 Å². The van der Waals surface area contributed by atoms with Gasteiger partial charge in [0.2, 0.25) is 0 Å². The summed E-state index contributed by atoms with van der Waals surface area (Å²) in [5.74, 6) is -0.350. The Balaban J connectivity index is 1.33. The van der Waals surface area contributed by atoms with Gasteiger partial charge in [-0.3, -0.25) is 14.6 Å². The predicted molar refractivity (Wildman–Crippen MR) is 185 cm³/mol. The van der Waals surface area contributed by atoms with Crippen LogP contribution in [0.5, 0.6) is 17.2 Å². The van der Waals surface area contributed by atoms with E-state index in [9.17, 15) is 27.9 Å². The van der Waals surface area contributed by atoms with Crippen molar-refractivity contribution >= 4 is 57.9 Å². The van der Waals surface area contributed by atoms with E-state index in [4.69, 9.17) is 42.8 Å². The minimum Gasteiger partial charge on any atom is -0.493 e. The Labute approximate surface area is 295 Å².